The molecule has 0 radical (unpaired) electrons. The fourth-order valence-electron chi connectivity index (χ4n) is 0.977. The highest BCUT2D eigenvalue weighted by atomic mass is 19.1. The number of carbonyl (C=O) groups excluding carboxylic acids is 1. The molecule has 0 bridgehead atoms. The number of hydrogen-bond donors (Lipinski definition) is 1. The molecule has 4 nitrogen and oxygen atoms in total. The Bertz CT molecular complexity index is 366. The minimum atomic E-state index is -0.560. The molecule has 0 saturated heterocycles. The predicted octanol–water partition coefficient (Wildman–Crippen LogP) is 1.34. The Morgan fingerprint density at radius 1 is 1.53 bits per heavy atom. The number of benzene rings is 1. The summed E-state index contributed by atoms with van der Waals surface area (Å²) in [6.07, 6.45) is -0.560. The van der Waals surface area contributed by atoms with Crippen molar-refractivity contribution in [1.82, 2.24) is 4.90 Å². The molecule has 0 aliphatic carbocycles. The highest BCUT2D eigenvalue weighted by molar-refractivity contribution is 5.70. The van der Waals surface area contributed by atoms with Crippen LogP contribution in [0.1, 0.15) is 5.56 Å². The molecule has 1 rings (SSSR count). The van der Waals surface area contributed by atoms with Gasteiger partial charge in [-0.15, -0.1) is 0 Å². The second-order valence-corrected chi connectivity index (χ2v) is 3.22. The van der Waals surface area contributed by atoms with Gasteiger partial charge in [0.25, 0.3) is 0 Å². The Hall–Kier alpha value is -1.62. The average Bonchev–Trinajstić information content (AvgIpc) is 2.18. The van der Waals surface area contributed by atoms with Gasteiger partial charge in [-0.3, -0.25) is 0 Å². The lowest BCUT2D eigenvalue weighted by molar-refractivity contribution is 0.171. The largest absolute Gasteiger partial charge is 0.414 e. The maximum Gasteiger partial charge on any atom is 0.414 e. The van der Waals surface area contributed by atoms with Crippen LogP contribution in [0.2, 0.25) is 0 Å². The van der Waals surface area contributed by atoms with Gasteiger partial charge < -0.3 is 15.4 Å². The van der Waals surface area contributed by atoms with E-state index < -0.39 is 11.9 Å². The second-order valence-electron chi connectivity index (χ2n) is 3.22. The van der Waals surface area contributed by atoms with Crippen molar-refractivity contribution >= 4 is 6.09 Å². The van der Waals surface area contributed by atoms with Gasteiger partial charge in [0.05, 0.1) is 0 Å². The number of carbonyl (C=O) groups is 1. The monoisotopic (exact) mass is 212 g/mol. The molecule has 0 saturated carbocycles. The Morgan fingerprint density at radius 3 is 2.73 bits per heavy atom. The highest BCUT2D eigenvalue weighted by Gasteiger charge is 2.10. The molecule has 15 heavy (non-hydrogen) atoms. The number of halogens is 1. The SMILES string of the molecule is CN(C)C(=O)Oc1cc(F)ccc1CN. The van der Waals surface area contributed by atoms with E-state index in [1.165, 1.54) is 17.0 Å². The van der Waals surface area contributed by atoms with Gasteiger partial charge in [-0.05, 0) is 6.07 Å². The summed E-state index contributed by atoms with van der Waals surface area (Å²) in [5.74, 6) is -0.301. The van der Waals surface area contributed by atoms with Crippen molar-refractivity contribution in [1.29, 1.82) is 0 Å². The number of amides is 1. The Labute approximate surface area is 87.4 Å². The Morgan fingerprint density at radius 2 is 2.20 bits per heavy atom. The van der Waals surface area contributed by atoms with E-state index in [0.29, 0.717) is 5.56 Å². The maximum absolute atomic E-state index is 12.9. The number of nitrogens with two attached hydrogens (primary N) is 1. The molecule has 1 aromatic rings. The molecular formula is C10H13FN2O2. The molecule has 2 N–H and O–H groups in total. The van der Waals surface area contributed by atoms with Crippen LogP contribution in [0.4, 0.5) is 9.18 Å². The van der Waals surface area contributed by atoms with Crippen LogP contribution in [0.5, 0.6) is 5.75 Å². The zero-order valence-corrected chi connectivity index (χ0v) is 8.66. The topological polar surface area (TPSA) is 55.6 Å². The standard InChI is InChI=1S/C10H13FN2O2/c1-13(2)10(14)15-9-5-8(11)4-3-7(9)6-12/h3-5H,6,12H2,1-2H3. The molecule has 0 aliphatic heterocycles. The third kappa shape index (κ3) is 2.92. The summed E-state index contributed by atoms with van der Waals surface area (Å²) >= 11 is 0. The first-order chi connectivity index (χ1) is 7.04. The van der Waals surface area contributed by atoms with Gasteiger partial charge in [0.15, 0.2) is 0 Å². The molecule has 0 spiro atoms. The Balaban J connectivity index is 2.92. The first kappa shape index (κ1) is 11.5. The fraction of sp³-hybridized carbons (Fsp3) is 0.300. The lowest BCUT2D eigenvalue weighted by Crippen LogP contribution is -2.25. The van der Waals surface area contributed by atoms with E-state index >= 15 is 0 Å². The maximum atomic E-state index is 12.9. The Kier molecular flexibility index (Phi) is 3.62. The van der Waals surface area contributed by atoms with Crippen molar-refractivity contribution in [3.05, 3.63) is 29.6 Å². The summed E-state index contributed by atoms with van der Waals surface area (Å²) in [6, 6.07) is 3.91. The molecule has 0 aliphatic rings. The fourth-order valence-corrected chi connectivity index (χ4v) is 0.977. The molecular weight excluding hydrogens is 199 g/mol. The van der Waals surface area contributed by atoms with Crippen LogP contribution in [0, 0.1) is 5.82 Å². The average molecular weight is 212 g/mol. The summed E-state index contributed by atoms with van der Waals surface area (Å²) < 4.78 is 17.8. The van der Waals surface area contributed by atoms with Gasteiger partial charge in [0, 0.05) is 32.3 Å². The van der Waals surface area contributed by atoms with Gasteiger partial charge in [-0.2, -0.15) is 0 Å². The first-order valence-corrected chi connectivity index (χ1v) is 4.42. The quantitative estimate of drug-likeness (QED) is 0.804. The van der Waals surface area contributed by atoms with Gasteiger partial charge in [-0.25, -0.2) is 9.18 Å². The zero-order valence-electron chi connectivity index (χ0n) is 8.66. The zero-order chi connectivity index (χ0) is 11.4. The number of ether oxygens (including phenoxy) is 1. The third-order valence-electron chi connectivity index (χ3n) is 1.81. The number of rotatable bonds is 2. The molecule has 1 aromatic carbocycles. The minimum absolute atomic E-state index is 0.163. The van der Waals surface area contributed by atoms with E-state index in [9.17, 15) is 9.18 Å². The lowest BCUT2D eigenvalue weighted by Gasteiger charge is -2.13. The normalized spacial score (nSPS) is 9.87. The molecule has 0 fully saturated rings. The van der Waals surface area contributed by atoms with E-state index in [1.807, 2.05) is 0 Å². The van der Waals surface area contributed by atoms with E-state index in [0.717, 1.165) is 6.07 Å². The minimum Gasteiger partial charge on any atom is -0.410 e. The van der Waals surface area contributed by atoms with E-state index in [1.54, 1.807) is 14.1 Å². The van der Waals surface area contributed by atoms with Crippen LogP contribution in [0.3, 0.4) is 0 Å². The van der Waals surface area contributed by atoms with Crippen molar-refractivity contribution in [2.45, 2.75) is 6.54 Å². The summed E-state index contributed by atoms with van der Waals surface area (Å²) in [7, 11) is 3.09. The smallest absolute Gasteiger partial charge is 0.410 e. The molecule has 0 aromatic heterocycles. The van der Waals surface area contributed by atoms with Gasteiger partial charge in [0.2, 0.25) is 0 Å². The van der Waals surface area contributed by atoms with Gasteiger partial charge >= 0.3 is 6.09 Å². The van der Waals surface area contributed by atoms with Gasteiger partial charge in [-0.1, -0.05) is 6.07 Å². The predicted molar refractivity (Wildman–Crippen MR) is 54.0 cm³/mol. The van der Waals surface area contributed by atoms with Crippen molar-refractivity contribution in [2.75, 3.05) is 14.1 Å². The van der Waals surface area contributed by atoms with Crippen LogP contribution in [0.25, 0.3) is 0 Å². The van der Waals surface area contributed by atoms with E-state index in [2.05, 4.69) is 0 Å². The van der Waals surface area contributed by atoms with Crippen LogP contribution in [-0.2, 0) is 6.54 Å². The highest BCUT2D eigenvalue weighted by Crippen LogP contribution is 2.19. The van der Waals surface area contributed by atoms with Crippen LogP contribution in [0.15, 0.2) is 18.2 Å². The van der Waals surface area contributed by atoms with Gasteiger partial charge in [0.1, 0.15) is 11.6 Å². The second kappa shape index (κ2) is 4.75. The third-order valence-corrected chi connectivity index (χ3v) is 1.81. The molecule has 0 atom stereocenters. The summed E-state index contributed by atoms with van der Waals surface area (Å²) in [5, 5.41) is 0. The first-order valence-electron chi connectivity index (χ1n) is 4.42. The summed E-state index contributed by atoms with van der Waals surface area (Å²) in [5.41, 5.74) is 6.01. The number of nitrogens with zero attached hydrogens (tertiary/aromatic N) is 1. The molecule has 0 heterocycles. The summed E-state index contributed by atoms with van der Waals surface area (Å²) in [4.78, 5) is 12.5. The van der Waals surface area contributed by atoms with Crippen molar-refractivity contribution < 1.29 is 13.9 Å². The van der Waals surface area contributed by atoms with Crippen LogP contribution in [-0.4, -0.2) is 25.1 Å². The molecule has 82 valence electrons. The van der Waals surface area contributed by atoms with Crippen LogP contribution >= 0.6 is 0 Å². The molecule has 1 amide bonds. The van der Waals surface area contributed by atoms with Crippen molar-refractivity contribution in [3.8, 4) is 5.75 Å². The van der Waals surface area contributed by atoms with Crippen molar-refractivity contribution in [2.24, 2.45) is 5.73 Å². The summed E-state index contributed by atoms with van der Waals surface area (Å²) in [6.45, 7) is 0.191. The van der Waals surface area contributed by atoms with E-state index in [-0.39, 0.29) is 12.3 Å². The van der Waals surface area contributed by atoms with Crippen LogP contribution < -0.4 is 10.5 Å². The number of hydrogen-bond acceptors (Lipinski definition) is 3. The lowest BCUT2D eigenvalue weighted by atomic mass is 10.2. The van der Waals surface area contributed by atoms with Crippen molar-refractivity contribution in [3.63, 3.8) is 0 Å². The molecule has 0 unspecified atom stereocenters. The van der Waals surface area contributed by atoms with E-state index in [4.69, 9.17) is 10.5 Å². The molecule has 5 heteroatoms.